The number of ether oxygens (including phenoxy) is 2. The molecule has 246 valence electrons. The first kappa shape index (κ1) is 33.5. The van der Waals surface area contributed by atoms with Crippen LogP contribution in [-0.4, -0.2) is 58.2 Å². The number of aryl methyl sites for hydroxylation is 2. The molecule has 3 aromatic rings. The van der Waals surface area contributed by atoms with E-state index in [9.17, 15) is 23.5 Å². The first-order chi connectivity index (χ1) is 22.7. The number of halogens is 2. The fraction of sp³-hybridized carbons (Fsp3) is 0.324. The summed E-state index contributed by atoms with van der Waals surface area (Å²) in [6, 6.07) is 19.3. The molecule has 1 saturated carbocycles. The van der Waals surface area contributed by atoms with Crippen molar-refractivity contribution in [2.45, 2.75) is 56.8 Å². The van der Waals surface area contributed by atoms with Crippen molar-refractivity contribution in [3.8, 4) is 11.5 Å². The van der Waals surface area contributed by atoms with Crippen LogP contribution in [-0.2, 0) is 22.4 Å². The summed E-state index contributed by atoms with van der Waals surface area (Å²) >= 11 is 0. The second kappa shape index (κ2) is 15.2. The minimum absolute atomic E-state index is 0.0651. The van der Waals surface area contributed by atoms with Crippen LogP contribution in [0.25, 0.3) is 6.08 Å². The maximum Gasteiger partial charge on any atom is 0.419 e. The van der Waals surface area contributed by atoms with Gasteiger partial charge in [-0.15, -0.1) is 0 Å². The number of benzene rings is 2. The summed E-state index contributed by atoms with van der Waals surface area (Å²) in [4.78, 5) is 33.5. The standard InChI is InChI=1S/C37H39F2N3O5/c1-3-25-12-14-26(15-13-25)16-18-30-34(41-32-24-33(32)46-28-10-7-11-29(23-28)47-37(38,39)4-2)31(19-17-27-9-5-6-20-40-27)36(45)42(35(30)44)21-8-22-43/h3-7,9-15,20,23,31-33,41,43H,1-2,8,16-19,21-22,24H2/t31?,32?,33-/m1/s1. The molecule has 47 heavy (non-hydrogen) atoms. The number of nitrogens with one attached hydrogen (secondary N) is 1. The Morgan fingerprint density at radius 1 is 1.02 bits per heavy atom. The van der Waals surface area contributed by atoms with E-state index in [1.165, 1.54) is 17.0 Å². The van der Waals surface area contributed by atoms with Crippen LogP contribution in [0.5, 0.6) is 11.5 Å². The van der Waals surface area contributed by atoms with Gasteiger partial charge in [0.2, 0.25) is 5.91 Å². The van der Waals surface area contributed by atoms with Gasteiger partial charge in [0.05, 0.1) is 12.0 Å². The normalized spacial score (nSPS) is 19.4. The summed E-state index contributed by atoms with van der Waals surface area (Å²) in [5.41, 5.74) is 3.97. The zero-order chi connectivity index (χ0) is 33.4. The molecular formula is C37H39F2N3O5. The highest BCUT2D eigenvalue weighted by Crippen LogP contribution is 2.36. The first-order valence-electron chi connectivity index (χ1n) is 15.8. The van der Waals surface area contributed by atoms with E-state index in [1.807, 2.05) is 42.5 Å². The average molecular weight is 644 g/mol. The molecule has 10 heteroatoms. The number of aromatic nitrogens is 1. The number of aliphatic hydroxyl groups excluding tert-OH is 1. The molecule has 2 N–H and O–H groups in total. The SMILES string of the molecule is C=Cc1ccc(CCC2=C(NC3C[C@H]3Oc3cccc(OC(F)(F)C=C)c3)C(CCc3ccccn3)C(=O)N(CCCO)C2=O)cc1. The predicted molar refractivity (Wildman–Crippen MR) is 175 cm³/mol. The summed E-state index contributed by atoms with van der Waals surface area (Å²) in [5, 5.41) is 13.0. The van der Waals surface area contributed by atoms with E-state index < -0.39 is 12.0 Å². The van der Waals surface area contributed by atoms with Crippen LogP contribution in [0, 0.1) is 5.92 Å². The summed E-state index contributed by atoms with van der Waals surface area (Å²) in [7, 11) is 0. The van der Waals surface area contributed by atoms with E-state index in [2.05, 4.69) is 23.5 Å². The Morgan fingerprint density at radius 3 is 2.51 bits per heavy atom. The number of rotatable bonds is 17. The van der Waals surface area contributed by atoms with Gasteiger partial charge in [-0.3, -0.25) is 19.5 Å². The largest absolute Gasteiger partial charge is 0.488 e. The Hall–Kier alpha value is -4.83. The number of nitrogens with zero attached hydrogens (tertiary/aromatic N) is 2. The number of hydrogen-bond donors (Lipinski definition) is 2. The van der Waals surface area contributed by atoms with Crippen molar-refractivity contribution in [2.75, 3.05) is 13.2 Å². The van der Waals surface area contributed by atoms with E-state index in [-0.39, 0.29) is 49.3 Å². The molecule has 2 amide bonds. The van der Waals surface area contributed by atoms with Crippen molar-refractivity contribution in [3.05, 3.63) is 120 Å². The van der Waals surface area contributed by atoms with Gasteiger partial charge in [0.15, 0.2) is 0 Å². The van der Waals surface area contributed by atoms with E-state index in [1.54, 1.807) is 24.4 Å². The molecule has 3 atom stereocenters. The monoisotopic (exact) mass is 643 g/mol. The first-order valence-corrected chi connectivity index (χ1v) is 15.8. The number of carbonyl (C=O) groups excluding carboxylic acids is 2. The zero-order valence-electron chi connectivity index (χ0n) is 26.1. The molecular weight excluding hydrogens is 604 g/mol. The average Bonchev–Trinajstić information content (AvgIpc) is 3.81. The molecule has 1 fully saturated rings. The van der Waals surface area contributed by atoms with Gasteiger partial charge < -0.3 is 19.9 Å². The van der Waals surface area contributed by atoms with Crippen LogP contribution in [0.2, 0.25) is 0 Å². The highest BCUT2D eigenvalue weighted by Gasteiger charge is 2.46. The lowest BCUT2D eigenvalue weighted by atomic mass is 9.86. The van der Waals surface area contributed by atoms with Gasteiger partial charge in [0, 0.05) is 54.9 Å². The van der Waals surface area contributed by atoms with Crippen LogP contribution in [0.15, 0.2) is 103 Å². The lowest BCUT2D eigenvalue weighted by Gasteiger charge is -2.35. The van der Waals surface area contributed by atoms with Crippen LogP contribution < -0.4 is 14.8 Å². The number of alkyl halides is 2. The zero-order valence-corrected chi connectivity index (χ0v) is 26.1. The van der Waals surface area contributed by atoms with Gasteiger partial charge in [0.1, 0.15) is 17.6 Å². The number of imide groups is 1. The van der Waals surface area contributed by atoms with Crippen molar-refractivity contribution in [1.82, 2.24) is 15.2 Å². The van der Waals surface area contributed by atoms with Gasteiger partial charge in [0.25, 0.3) is 5.91 Å². The number of hydrogen-bond acceptors (Lipinski definition) is 7. The fourth-order valence-corrected chi connectivity index (χ4v) is 5.60. The second-order valence-corrected chi connectivity index (χ2v) is 11.6. The molecule has 1 aliphatic carbocycles. The smallest absolute Gasteiger partial charge is 0.419 e. The molecule has 1 aliphatic heterocycles. The molecule has 2 heterocycles. The third-order valence-corrected chi connectivity index (χ3v) is 8.23. The van der Waals surface area contributed by atoms with Crippen molar-refractivity contribution in [3.63, 3.8) is 0 Å². The molecule has 0 bridgehead atoms. The quantitative estimate of drug-likeness (QED) is 0.140. The summed E-state index contributed by atoms with van der Waals surface area (Å²) in [6.07, 6.45) is 2.83. The molecule has 8 nitrogen and oxygen atoms in total. The molecule has 2 aromatic carbocycles. The summed E-state index contributed by atoms with van der Waals surface area (Å²) in [6.45, 7) is 6.88. The molecule has 0 radical (unpaired) electrons. The topological polar surface area (TPSA) is 101 Å². The van der Waals surface area contributed by atoms with Gasteiger partial charge in [-0.1, -0.05) is 55.6 Å². The summed E-state index contributed by atoms with van der Waals surface area (Å²) < 4.78 is 38.2. The van der Waals surface area contributed by atoms with E-state index in [4.69, 9.17) is 9.47 Å². The second-order valence-electron chi connectivity index (χ2n) is 11.6. The molecule has 5 rings (SSSR count). The fourth-order valence-electron chi connectivity index (χ4n) is 5.60. The lowest BCUT2D eigenvalue weighted by molar-refractivity contribution is -0.146. The maximum absolute atomic E-state index is 13.9. The number of amides is 2. The van der Waals surface area contributed by atoms with Crippen molar-refractivity contribution >= 4 is 17.9 Å². The molecule has 0 saturated heterocycles. The third kappa shape index (κ3) is 8.71. The van der Waals surface area contributed by atoms with E-state index in [0.29, 0.717) is 55.2 Å². The minimum atomic E-state index is -3.52. The Kier molecular flexibility index (Phi) is 10.8. The van der Waals surface area contributed by atoms with Crippen molar-refractivity contribution < 1.29 is 33.0 Å². The molecule has 2 unspecified atom stereocenters. The minimum Gasteiger partial charge on any atom is -0.488 e. The van der Waals surface area contributed by atoms with Crippen LogP contribution >= 0.6 is 0 Å². The van der Waals surface area contributed by atoms with E-state index >= 15 is 0 Å². The predicted octanol–water partition coefficient (Wildman–Crippen LogP) is 5.88. The Morgan fingerprint density at radius 2 is 1.81 bits per heavy atom. The Balaban J connectivity index is 1.40. The van der Waals surface area contributed by atoms with Crippen LogP contribution in [0.3, 0.4) is 0 Å². The van der Waals surface area contributed by atoms with Gasteiger partial charge in [-0.25, -0.2) is 0 Å². The van der Waals surface area contributed by atoms with Crippen LogP contribution in [0.1, 0.15) is 42.5 Å². The van der Waals surface area contributed by atoms with Crippen molar-refractivity contribution in [1.29, 1.82) is 0 Å². The Bertz CT molecular complexity index is 1610. The number of carbonyl (C=O) groups is 2. The maximum atomic E-state index is 13.9. The van der Waals surface area contributed by atoms with Gasteiger partial charge >= 0.3 is 6.11 Å². The highest BCUT2D eigenvalue weighted by atomic mass is 19.3. The number of pyridine rings is 1. The molecule has 2 aliphatic rings. The highest BCUT2D eigenvalue weighted by molar-refractivity contribution is 6.09. The lowest BCUT2D eigenvalue weighted by Crippen LogP contribution is -2.50. The van der Waals surface area contributed by atoms with Crippen LogP contribution in [0.4, 0.5) is 8.78 Å². The van der Waals surface area contributed by atoms with E-state index in [0.717, 1.165) is 16.8 Å². The molecule has 0 spiro atoms. The third-order valence-electron chi connectivity index (χ3n) is 8.23. The van der Waals surface area contributed by atoms with Gasteiger partial charge in [-0.2, -0.15) is 8.78 Å². The molecule has 1 aromatic heterocycles. The Labute approximate surface area is 273 Å². The summed E-state index contributed by atoms with van der Waals surface area (Å²) in [5.74, 6) is -1.03. The van der Waals surface area contributed by atoms with Gasteiger partial charge in [-0.05, 0) is 67.5 Å². The number of aliphatic hydroxyl groups is 1. The van der Waals surface area contributed by atoms with Crippen molar-refractivity contribution in [2.24, 2.45) is 5.92 Å².